The molecule has 6 heteroatoms. The lowest BCUT2D eigenvalue weighted by Gasteiger charge is -2.15. The number of nitrogens with one attached hydrogen (secondary N) is 1. The standard InChI is InChI=1S/C12H16FN3O2/c13-11-5-2-1-4-10(11)8-15-12(18)16(9-17)7-3-6-14/h1-2,4-5,9H,3,6-8,14H2,(H,15,18). The molecule has 0 heterocycles. The predicted octanol–water partition coefficient (Wildman–Crippen LogP) is 0.842. The van der Waals surface area contributed by atoms with Gasteiger partial charge < -0.3 is 11.1 Å². The molecular formula is C12H16FN3O2. The number of nitrogens with two attached hydrogens (primary N) is 1. The van der Waals surface area contributed by atoms with E-state index >= 15 is 0 Å². The van der Waals surface area contributed by atoms with Gasteiger partial charge in [-0.15, -0.1) is 0 Å². The Labute approximate surface area is 105 Å². The molecule has 0 aliphatic carbocycles. The van der Waals surface area contributed by atoms with Gasteiger partial charge in [0.1, 0.15) is 5.82 Å². The number of hydrogen-bond acceptors (Lipinski definition) is 3. The summed E-state index contributed by atoms with van der Waals surface area (Å²) in [5, 5.41) is 2.47. The third kappa shape index (κ3) is 4.14. The predicted molar refractivity (Wildman–Crippen MR) is 65.1 cm³/mol. The van der Waals surface area contributed by atoms with Crippen LogP contribution >= 0.6 is 0 Å². The molecule has 0 saturated heterocycles. The lowest BCUT2D eigenvalue weighted by atomic mass is 10.2. The zero-order chi connectivity index (χ0) is 13.4. The Morgan fingerprint density at radius 1 is 1.44 bits per heavy atom. The second-order valence-corrected chi connectivity index (χ2v) is 3.69. The Kier molecular flexibility index (Phi) is 5.79. The van der Waals surface area contributed by atoms with Gasteiger partial charge in [-0.2, -0.15) is 0 Å². The highest BCUT2D eigenvalue weighted by atomic mass is 19.1. The average molecular weight is 253 g/mol. The van der Waals surface area contributed by atoms with Crippen LogP contribution in [0.5, 0.6) is 0 Å². The van der Waals surface area contributed by atoms with Crippen LogP contribution in [0.4, 0.5) is 9.18 Å². The largest absolute Gasteiger partial charge is 0.333 e. The first-order chi connectivity index (χ1) is 8.69. The highest BCUT2D eigenvalue weighted by Crippen LogP contribution is 2.05. The summed E-state index contributed by atoms with van der Waals surface area (Å²) in [7, 11) is 0. The molecular weight excluding hydrogens is 237 g/mol. The van der Waals surface area contributed by atoms with Crippen LogP contribution < -0.4 is 11.1 Å². The quantitative estimate of drug-likeness (QED) is 0.738. The topological polar surface area (TPSA) is 75.4 Å². The minimum atomic E-state index is -0.554. The van der Waals surface area contributed by atoms with Gasteiger partial charge in [-0.05, 0) is 19.0 Å². The Morgan fingerprint density at radius 2 is 2.17 bits per heavy atom. The van der Waals surface area contributed by atoms with Crippen molar-refractivity contribution in [3.05, 3.63) is 35.6 Å². The van der Waals surface area contributed by atoms with Gasteiger partial charge in [-0.25, -0.2) is 9.18 Å². The third-order valence-corrected chi connectivity index (χ3v) is 2.38. The first-order valence-electron chi connectivity index (χ1n) is 5.62. The number of carbonyl (C=O) groups excluding carboxylic acids is 2. The van der Waals surface area contributed by atoms with E-state index in [0.29, 0.717) is 24.9 Å². The van der Waals surface area contributed by atoms with Crippen molar-refractivity contribution in [3.63, 3.8) is 0 Å². The fraction of sp³-hybridized carbons (Fsp3) is 0.333. The van der Waals surface area contributed by atoms with Gasteiger partial charge in [0.2, 0.25) is 6.41 Å². The highest BCUT2D eigenvalue weighted by molar-refractivity contribution is 5.84. The van der Waals surface area contributed by atoms with Crippen LogP contribution in [0, 0.1) is 5.82 Å². The second-order valence-electron chi connectivity index (χ2n) is 3.69. The highest BCUT2D eigenvalue weighted by Gasteiger charge is 2.11. The van der Waals surface area contributed by atoms with E-state index in [1.54, 1.807) is 18.2 Å². The van der Waals surface area contributed by atoms with E-state index in [0.717, 1.165) is 4.90 Å². The summed E-state index contributed by atoms with van der Waals surface area (Å²) < 4.78 is 13.3. The molecule has 0 aliphatic heterocycles. The monoisotopic (exact) mass is 253 g/mol. The van der Waals surface area contributed by atoms with Crippen molar-refractivity contribution in [2.45, 2.75) is 13.0 Å². The van der Waals surface area contributed by atoms with Crippen molar-refractivity contribution in [1.82, 2.24) is 10.2 Å². The molecule has 0 unspecified atom stereocenters. The first kappa shape index (κ1) is 14.1. The van der Waals surface area contributed by atoms with Gasteiger partial charge in [-0.1, -0.05) is 18.2 Å². The van der Waals surface area contributed by atoms with Crippen LogP contribution in [0.25, 0.3) is 0 Å². The van der Waals surface area contributed by atoms with Gasteiger partial charge in [0.25, 0.3) is 0 Å². The van der Waals surface area contributed by atoms with Crippen LogP contribution in [0.1, 0.15) is 12.0 Å². The summed E-state index contributed by atoms with van der Waals surface area (Å²) in [6.45, 7) is 0.687. The number of rotatable bonds is 6. The summed E-state index contributed by atoms with van der Waals surface area (Å²) in [5.74, 6) is -0.391. The number of nitrogens with zero attached hydrogens (tertiary/aromatic N) is 1. The smallest absolute Gasteiger partial charge is 0.324 e. The maximum Gasteiger partial charge on any atom is 0.324 e. The molecule has 3 N–H and O–H groups in total. The van der Waals surface area contributed by atoms with Gasteiger partial charge >= 0.3 is 6.03 Å². The van der Waals surface area contributed by atoms with Crippen molar-refractivity contribution < 1.29 is 14.0 Å². The molecule has 98 valence electrons. The zero-order valence-corrected chi connectivity index (χ0v) is 9.93. The van der Waals surface area contributed by atoms with E-state index in [4.69, 9.17) is 5.73 Å². The Morgan fingerprint density at radius 3 is 2.78 bits per heavy atom. The molecule has 0 fully saturated rings. The molecule has 0 bridgehead atoms. The maximum atomic E-state index is 13.3. The number of carbonyl (C=O) groups is 2. The molecule has 0 spiro atoms. The lowest BCUT2D eigenvalue weighted by molar-refractivity contribution is -0.115. The van der Waals surface area contributed by atoms with E-state index in [2.05, 4.69) is 5.32 Å². The number of hydrogen-bond donors (Lipinski definition) is 2. The van der Waals surface area contributed by atoms with E-state index < -0.39 is 11.8 Å². The molecule has 0 aromatic heterocycles. The molecule has 1 aromatic carbocycles. The maximum absolute atomic E-state index is 13.3. The minimum Gasteiger partial charge on any atom is -0.333 e. The molecule has 0 aliphatic rings. The summed E-state index contributed by atoms with van der Waals surface area (Å²) in [4.78, 5) is 23.2. The Hall–Kier alpha value is -1.95. The third-order valence-electron chi connectivity index (χ3n) is 2.38. The van der Waals surface area contributed by atoms with Crippen molar-refractivity contribution in [3.8, 4) is 0 Å². The van der Waals surface area contributed by atoms with Crippen LogP contribution in [0.2, 0.25) is 0 Å². The summed E-state index contributed by atoms with van der Waals surface area (Å²) >= 11 is 0. The number of urea groups is 1. The second kappa shape index (κ2) is 7.39. The zero-order valence-electron chi connectivity index (χ0n) is 9.93. The molecule has 0 atom stereocenters. The van der Waals surface area contributed by atoms with Crippen molar-refractivity contribution in [2.24, 2.45) is 5.73 Å². The van der Waals surface area contributed by atoms with Crippen molar-refractivity contribution >= 4 is 12.4 Å². The van der Waals surface area contributed by atoms with Crippen molar-refractivity contribution in [2.75, 3.05) is 13.1 Å². The van der Waals surface area contributed by atoms with E-state index in [1.165, 1.54) is 6.07 Å². The fourth-order valence-electron chi connectivity index (χ4n) is 1.38. The Bertz CT molecular complexity index is 412. The van der Waals surface area contributed by atoms with Crippen LogP contribution in [0.15, 0.2) is 24.3 Å². The molecule has 1 aromatic rings. The van der Waals surface area contributed by atoms with Gasteiger partial charge in [-0.3, -0.25) is 9.69 Å². The SMILES string of the molecule is NCCCN(C=O)C(=O)NCc1ccccc1F. The minimum absolute atomic E-state index is 0.0402. The number of amides is 3. The summed E-state index contributed by atoms with van der Waals surface area (Å²) in [6, 6.07) is 5.58. The number of imide groups is 1. The van der Waals surface area contributed by atoms with E-state index in [9.17, 15) is 14.0 Å². The number of benzene rings is 1. The Balaban J connectivity index is 2.49. The van der Waals surface area contributed by atoms with Crippen LogP contribution in [-0.2, 0) is 11.3 Å². The van der Waals surface area contributed by atoms with E-state index in [-0.39, 0.29) is 13.1 Å². The molecule has 18 heavy (non-hydrogen) atoms. The molecule has 0 radical (unpaired) electrons. The fourth-order valence-corrected chi connectivity index (χ4v) is 1.38. The molecule has 1 rings (SSSR count). The summed E-state index contributed by atoms with van der Waals surface area (Å²) in [6.07, 6.45) is 0.970. The van der Waals surface area contributed by atoms with Crippen LogP contribution in [0.3, 0.4) is 0 Å². The summed E-state index contributed by atoms with van der Waals surface area (Å²) in [5.41, 5.74) is 5.66. The van der Waals surface area contributed by atoms with E-state index in [1.807, 2.05) is 0 Å². The van der Waals surface area contributed by atoms with Gasteiger partial charge in [0, 0.05) is 18.7 Å². The van der Waals surface area contributed by atoms with Gasteiger partial charge in [0.15, 0.2) is 0 Å². The van der Waals surface area contributed by atoms with Crippen molar-refractivity contribution in [1.29, 1.82) is 0 Å². The van der Waals surface area contributed by atoms with Crippen LogP contribution in [-0.4, -0.2) is 30.4 Å². The molecule has 3 amide bonds. The first-order valence-corrected chi connectivity index (χ1v) is 5.62. The van der Waals surface area contributed by atoms with Gasteiger partial charge in [0.05, 0.1) is 0 Å². The number of halogens is 1. The normalized spacial score (nSPS) is 9.89. The molecule has 5 nitrogen and oxygen atoms in total. The molecule has 0 saturated carbocycles. The lowest BCUT2D eigenvalue weighted by Crippen LogP contribution is -2.39. The average Bonchev–Trinajstić information content (AvgIpc) is 2.38.